The SMILES string of the molecule is N[C@H]1C[C@@H](N2Cc3cn[nH]c3C2)CO[C@@H]1c1cc(F)c(F)cc1F. The lowest BCUT2D eigenvalue weighted by molar-refractivity contribution is -0.0533. The summed E-state index contributed by atoms with van der Waals surface area (Å²) in [6.45, 7) is 1.85. The van der Waals surface area contributed by atoms with Crippen LogP contribution in [-0.2, 0) is 17.8 Å². The van der Waals surface area contributed by atoms with Crippen molar-refractivity contribution < 1.29 is 17.9 Å². The molecule has 0 spiro atoms. The number of aromatic nitrogens is 2. The number of benzene rings is 1. The second-order valence-electron chi connectivity index (χ2n) is 6.37. The van der Waals surface area contributed by atoms with Crippen LogP contribution in [0.1, 0.15) is 29.3 Å². The first kappa shape index (κ1) is 15.6. The van der Waals surface area contributed by atoms with Crippen LogP contribution in [-0.4, -0.2) is 33.8 Å². The molecule has 3 heterocycles. The molecule has 128 valence electrons. The number of nitrogens with two attached hydrogens (primary N) is 1. The maximum absolute atomic E-state index is 14.0. The molecule has 0 amide bonds. The molecule has 1 aromatic carbocycles. The highest BCUT2D eigenvalue weighted by Gasteiger charge is 2.37. The van der Waals surface area contributed by atoms with Gasteiger partial charge in [-0.05, 0) is 12.5 Å². The lowest BCUT2D eigenvalue weighted by Crippen LogP contribution is -2.47. The predicted molar refractivity (Wildman–Crippen MR) is 79.2 cm³/mol. The summed E-state index contributed by atoms with van der Waals surface area (Å²) in [5.74, 6) is -3.16. The van der Waals surface area contributed by atoms with E-state index in [0.29, 0.717) is 19.1 Å². The predicted octanol–water partition coefficient (Wildman–Crippen LogP) is 2.00. The van der Waals surface area contributed by atoms with Gasteiger partial charge in [0.15, 0.2) is 11.6 Å². The van der Waals surface area contributed by atoms with Crippen LogP contribution in [0.15, 0.2) is 18.3 Å². The minimum absolute atomic E-state index is 0.0318. The summed E-state index contributed by atoms with van der Waals surface area (Å²) >= 11 is 0. The highest BCUT2D eigenvalue weighted by molar-refractivity contribution is 5.25. The van der Waals surface area contributed by atoms with E-state index in [1.54, 1.807) is 6.20 Å². The van der Waals surface area contributed by atoms with Gasteiger partial charge < -0.3 is 10.5 Å². The standard InChI is InChI=1S/C16H17F3N4O/c17-11-3-13(19)12(18)2-10(11)16-14(20)1-9(7-24-16)23-5-8-4-21-22-15(8)6-23/h2-4,9,14,16H,1,5-7,20H2,(H,21,22)/t9-,14+,16-/m1/s1. The molecule has 0 saturated carbocycles. The molecule has 5 nitrogen and oxygen atoms in total. The van der Waals surface area contributed by atoms with Crippen LogP contribution in [0.4, 0.5) is 13.2 Å². The Kier molecular flexibility index (Phi) is 3.82. The first-order valence-electron chi connectivity index (χ1n) is 7.79. The Bertz CT molecular complexity index is 745. The molecule has 0 aliphatic carbocycles. The zero-order valence-corrected chi connectivity index (χ0v) is 12.8. The summed E-state index contributed by atoms with van der Waals surface area (Å²) in [6, 6.07) is 0.958. The van der Waals surface area contributed by atoms with Crippen molar-refractivity contribution in [1.29, 1.82) is 0 Å². The highest BCUT2D eigenvalue weighted by atomic mass is 19.2. The number of halogens is 3. The van der Waals surface area contributed by atoms with Gasteiger partial charge in [-0.25, -0.2) is 13.2 Å². The van der Waals surface area contributed by atoms with E-state index >= 15 is 0 Å². The van der Waals surface area contributed by atoms with Gasteiger partial charge >= 0.3 is 0 Å². The third kappa shape index (κ3) is 2.60. The van der Waals surface area contributed by atoms with Crippen LogP contribution in [0, 0.1) is 17.5 Å². The molecule has 2 aromatic rings. The number of H-pyrrole nitrogens is 1. The summed E-state index contributed by atoms with van der Waals surface area (Å²) in [5, 5.41) is 6.96. The van der Waals surface area contributed by atoms with Crippen molar-refractivity contribution in [1.82, 2.24) is 15.1 Å². The molecule has 1 fully saturated rings. The lowest BCUT2D eigenvalue weighted by Gasteiger charge is -2.38. The first-order chi connectivity index (χ1) is 11.5. The van der Waals surface area contributed by atoms with E-state index < -0.39 is 29.6 Å². The second-order valence-corrected chi connectivity index (χ2v) is 6.37. The van der Waals surface area contributed by atoms with Gasteiger partial charge in [0, 0.05) is 42.4 Å². The molecule has 0 unspecified atom stereocenters. The molecule has 8 heteroatoms. The molecule has 24 heavy (non-hydrogen) atoms. The van der Waals surface area contributed by atoms with Gasteiger partial charge in [0.25, 0.3) is 0 Å². The quantitative estimate of drug-likeness (QED) is 0.822. The minimum Gasteiger partial charge on any atom is -0.370 e. The van der Waals surface area contributed by atoms with Crippen molar-refractivity contribution in [3.05, 3.63) is 52.6 Å². The van der Waals surface area contributed by atoms with Crippen LogP contribution in [0.5, 0.6) is 0 Å². The van der Waals surface area contributed by atoms with Gasteiger partial charge in [-0.1, -0.05) is 0 Å². The van der Waals surface area contributed by atoms with Gasteiger partial charge in [0.1, 0.15) is 11.9 Å². The third-order valence-electron chi connectivity index (χ3n) is 4.81. The molecular formula is C16H17F3N4O. The first-order valence-corrected chi connectivity index (χ1v) is 7.79. The van der Waals surface area contributed by atoms with Crippen LogP contribution in [0.2, 0.25) is 0 Å². The Morgan fingerprint density at radius 2 is 1.96 bits per heavy atom. The maximum atomic E-state index is 14.0. The number of hydrogen-bond acceptors (Lipinski definition) is 4. The fraction of sp³-hybridized carbons (Fsp3) is 0.438. The zero-order valence-electron chi connectivity index (χ0n) is 12.8. The average Bonchev–Trinajstić information content (AvgIpc) is 3.13. The Labute approximate surface area is 136 Å². The van der Waals surface area contributed by atoms with Crippen LogP contribution < -0.4 is 5.73 Å². The molecule has 1 aromatic heterocycles. The minimum atomic E-state index is -1.22. The number of hydrogen-bond donors (Lipinski definition) is 2. The topological polar surface area (TPSA) is 67.2 Å². The van der Waals surface area contributed by atoms with Crippen molar-refractivity contribution in [3.8, 4) is 0 Å². The molecule has 1 saturated heterocycles. The van der Waals surface area contributed by atoms with Crippen molar-refractivity contribution in [2.45, 2.75) is 37.7 Å². The van der Waals surface area contributed by atoms with Gasteiger partial charge in [-0.15, -0.1) is 0 Å². The fourth-order valence-electron chi connectivity index (χ4n) is 3.52. The molecule has 3 N–H and O–H groups in total. The molecule has 4 rings (SSSR count). The summed E-state index contributed by atoms with van der Waals surface area (Å²) in [7, 11) is 0. The highest BCUT2D eigenvalue weighted by Crippen LogP contribution is 2.34. The van der Waals surface area contributed by atoms with Crippen molar-refractivity contribution >= 4 is 0 Å². The number of nitrogens with zero attached hydrogens (tertiary/aromatic N) is 2. The maximum Gasteiger partial charge on any atom is 0.161 e. The lowest BCUT2D eigenvalue weighted by atomic mass is 9.93. The number of aromatic amines is 1. The van der Waals surface area contributed by atoms with E-state index in [1.165, 1.54) is 0 Å². The fourth-order valence-corrected chi connectivity index (χ4v) is 3.52. The Hall–Kier alpha value is -1.90. The molecule has 2 aliphatic heterocycles. The smallest absolute Gasteiger partial charge is 0.161 e. The van der Waals surface area contributed by atoms with Gasteiger partial charge in [-0.3, -0.25) is 10.00 Å². The van der Waals surface area contributed by atoms with Gasteiger partial charge in [0.05, 0.1) is 18.5 Å². The molecule has 0 radical (unpaired) electrons. The third-order valence-corrected chi connectivity index (χ3v) is 4.81. The van der Waals surface area contributed by atoms with Crippen molar-refractivity contribution in [2.24, 2.45) is 5.73 Å². The molecule has 3 atom stereocenters. The van der Waals surface area contributed by atoms with Gasteiger partial charge in [-0.2, -0.15) is 5.10 Å². The van der Waals surface area contributed by atoms with E-state index in [0.717, 1.165) is 30.4 Å². The second kappa shape index (κ2) is 5.87. The van der Waals surface area contributed by atoms with Crippen LogP contribution >= 0.6 is 0 Å². The Morgan fingerprint density at radius 1 is 1.17 bits per heavy atom. The van der Waals surface area contributed by atoms with Gasteiger partial charge in [0.2, 0.25) is 0 Å². The monoisotopic (exact) mass is 338 g/mol. The van der Waals surface area contributed by atoms with E-state index in [4.69, 9.17) is 10.5 Å². The molecule has 0 bridgehead atoms. The molecular weight excluding hydrogens is 321 g/mol. The van der Waals surface area contributed by atoms with E-state index in [1.807, 2.05) is 0 Å². The van der Waals surface area contributed by atoms with Crippen molar-refractivity contribution in [3.63, 3.8) is 0 Å². The van der Waals surface area contributed by atoms with E-state index in [9.17, 15) is 13.2 Å². The number of fused-ring (bicyclic) bond motifs is 1. The Balaban J connectivity index is 1.47. The summed E-state index contributed by atoms with van der Waals surface area (Å²) in [5.41, 5.74) is 8.35. The van der Waals surface area contributed by atoms with Crippen LogP contribution in [0.25, 0.3) is 0 Å². The number of nitrogens with one attached hydrogen (secondary N) is 1. The van der Waals surface area contributed by atoms with Crippen molar-refractivity contribution in [2.75, 3.05) is 6.61 Å². The largest absolute Gasteiger partial charge is 0.370 e. The number of rotatable bonds is 2. The zero-order chi connectivity index (χ0) is 16.8. The van der Waals surface area contributed by atoms with E-state index in [-0.39, 0.29) is 11.6 Å². The Morgan fingerprint density at radius 3 is 2.71 bits per heavy atom. The average molecular weight is 338 g/mol. The summed E-state index contributed by atoms with van der Waals surface area (Å²) < 4.78 is 46.2. The summed E-state index contributed by atoms with van der Waals surface area (Å²) in [6.07, 6.45) is 1.61. The van der Waals surface area contributed by atoms with E-state index in [2.05, 4.69) is 15.1 Å². The summed E-state index contributed by atoms with van der Waals surface area (Å²) in [4.78, 5) is 2.22. The number of ether oxygens (including phenoxy) is 1. The van der Waals surface area contributed by atoms with Crippen LogP contribution in [0.3, 0.4) is 0 Å². The molecule has 2 aliphatic rings. The normalized spacial score (nSPS) is 27.4.